The summed E-state index contributed by atoms with van der Waals surface area (Å²) >= 11 is 0. The van der Waals surface area contributed by atoms with Gasteiger partial charge >= 0.3 is 0 Å². The number of carbonyl (C=O) groups is 2. The molecule has 0 spiro atoms. The number of benzene rings is 1. The van der Waals surface area contributed by atoms with Crippen LogP contribution in [0.15, 0.2) is 30.5 Å². The first-order valence-corrected chi connectivity index (χ1v) is 13.5. The van der Waals surface area contributed by atoms with E-state index in [0.717, 1.165) is 87.3 Å². The number of pyridine rings is 1. The second-order valence-electron chi connectivity index (χ2n) is 10.4. The molecule has 1 saturated heterocycles. The molecule has 1 N–H and O–H groups in total. The number of rotatable bonds is 5. The summed E-state index contributed by atoms with van der Waals surface area (Å²) in [6.45, 7) is 5.89. The maximum atomic E-state index is 11.9. The number of hydrogen-bond acceptors (Lipinski definition) is 6. The fourth-order valence-electron chi connectivity index (χ4n) is 6.07. The summed E-state index contributed by atoms with van der Waals surface area (Å²) in [5.41, 5.74) is 8.61. The van der Waals surface area contributed by atoms with Crippen molar-refractivity contribution in [2.45, 2.75) is 51.6 Å². The summed E-state index contributed by atoms with van der Waals surface area (Å²) in [7, 11) is 1.61. The van der Waals surface area contributed by atoms with Gasteiger partial charge in [0.05, 0.1) is 12.6 Å². The Hall–Kier alpha value is -3.72. The van der Waals surface area contributed by atoms with E-state index in [1.807, 2.05) is 11.0 Å². The molecule has 9 nitrogen and oxygen atoms in total. The molecule has 198 valence electrons. The largest absolute Gasteiger partial charge is 0.381 e. The average Bonchev–Trinajstić information content (AvgIpc) is 3.35. The molecule has 0 saturated carbocycles. The molecule has 0 unspecified atom stereocenters. The van der Waals surface area contributed by atoms with Crippen LogP contribution in [-0.2, 0) is 28.9 Å². The second kappa shape index (κ2) is 10.2. The van der Waals surface area contributed by atoms with Gasteiger partial charge in [0, 0.05) is 68.5 Å². The highest BCUT2D eigenvalue weighted by Gasteiger charge is 2.32. The lowest BCUT2D eigenvalue weighted by molar-refractivity contribution is -0.118. The lowest BCUT2D eigenvalue weighted by Crippen LogP contribution is -2.32. The summed E-state index contributed by atoms with van der Waals surface area (Å²) in [5, 5.41) is 7.87. The number of carbonyl (C=O) groups excluding carboxylic acids is 2. The van der Waals surface area contributed by atoms with E-state index in [9.17, 15) is 9.59 Å². The molecule has 0 aliphatic carbocycles. The molecular formula is C29H34N6O3. The molecule has 2 aromatic heterocycles. The van der Waals surface area contributed by atoms with Crippen LogP contribution in [0.2, 0.25) is 0 Å². The Morgan fingerprint density at radius 1 is 1.16 bits per heavy atom. The first kappa shape index (κ1) is 24.6. The van der Waals surface area contributed by atoms with Crippen LogP contribution >= 0.6 is 0 Å². The summed E-state index contributed by atoms with van der Waals surface area (Å²) in [5.74, 6) is 0.800. The van der Waals surface area contributed by atoms with Crippen molar-refractivity contribution >= 4 is 23.8 Å². The molecule has 0 atom stereocenters. The molecule has 6 rings (SSSR count). The lowest BCUT2D eigenvalue weighted by atomic mass is 9.92. The average molecular weight is 515 g/mol. The maximum Gasteiger partial charge on any atom is 0.269 e. The van der Waals surface area contributed by atoms with Crippen LogP contribution in [0.5, 0.6) is 0 Å². The second-order valence-corrected chi connectivity index (χ2v) is 10.4. The van der Waals surface area contributed by atoms with Gasteiger partial charge in [0.25, 0.3) is 5.91 Å². The van der Waals surface area contributed by atoms with Crippen molar-refractivity contribution in [2.24, 2.45) is 0 Å². The van der Waals surface area contributed by atoms with Gasteiger partial charge in [-0.05, 0) is 67.5 Å². The zero-order valence-corrected chi connectivity index (χ0v) is 22.1. The third-order valence-electron chi connectivity index (χ3n) is 8.11. The van der Waals surface area contributed by atoms with E-state index in [0.29, 0.717) is 18.3 Å². The molecule has 3 aliphatic rings. The number of ether oxygens (including phenoxy) is 1. The highest BCUT2D eigenvalue weighted by atomic mass is 16.5. The number of nitrogens with zero attached hydrogens (tertiary/aromatic N) is 5. The fraction of sp³-hybridized carbons (Fsp3) is 0.448. The van der Waals surface area contributed by atoms with Gasteiger partial charge in [-0.15, -0.1) is 0 Å². The van der Waals surface area contributed by atoms with Gasteiger partial charge < -0.3 is 19.9 Å². The van der Waals surface area contributed by atoms with Gasteiger partial charge in [0.1, 0.15) is 5.69 Å². The van der Waals surface area contributed by atoms with Crippen molar-refractivity contribution < 1.29 is 14.3 Å². The minimum atomic E-state index is -0.189. The van der Waals surface area contributed by atoms with E-state index in [-0.39, 0.29) is 5.91 Å². The van der Waals surface area contributed by atoms with Gasteiger partial charge in [0.15, 0.2) is 5.82 Å². The first-order chi connectivity index (χ1) is 18.6. The van der Waals surface area contributed by atoms with Crippen LogP contribution in [-0.4, -0.2) is 65.3 Å². The molecule has 0 bridgehead atoms. The van der Waals surface area contributed by atoms with Crippen molar-refractivity contribution in [1.29, 1.82) is 0 Å². The predicted molar refractivity (Wildman–Crippen MR) is 145 cm³/mol. The topological polar surface area (TPSA) is 92.6 Å². The van der Waals surface area contributed by atoms with Crippen LogP contribution in [0.25, 0.3) is 11.1 Å². The normalized spacial score (nSPS) is 17.6. The van der Waals surface area contributed by atoms with Crippen molar-refractivity contribution in [3.63, 3.8) is 0 Å². The minimum Gasteiger partial charge on any atom is -0.381 e. The van der Waals surface area contributed by atoms with E-state index < -0.39 is 0 Å². The van der Waals surface area contributed by atoms with Crippen LogP contribution in [0.1, 0.15) is 58.2 Å². The SMILES string of the molecule is CNC(=O)c1ccc(-c2cc3c(cc2C)N(c2nn(C4CCOCC4)c4c2CN(C=O)CC4)CCC3)cn1. The molecule has 3 aliphatic heterocycles. The maximum absolute atomic E-state index is 11.9. The quantitative estimate of drug-likeness (QED) is 0.524. The Morgan fingerprint density at radius 2 is 2.00 bits per heavy atom. The Balaban J connectivity index is 1.39. The van der Waals surface area contributed by atoms with Crippen molar-refractivity contribution in [2.75, 3.05) is 38.3 Å². The van der Waals surface area contributed by atoms with E-state index in [1.54, 1.807) is 19.3 Å². The smallest absolute Gasteiger partial charge is 0.269 e. The number of nitrogens with one attached hydrogen (secondary N) is 1. The van der Waals surface area contributed by atoms with Gasteiger partial charge in [-0.2, -0.15) is 5.10 Å². The van der Waals surface area contributed by atoms with Crippen LogP contribution in [0, 0.1) is 6.92 Å². The Morgan fingerprint density at radius 3 is 2.74 bits per heavy atom. The molecule has 38 heavy (non-hydrogen) atoms. The number of fused-ring (bicyclic) bond motifs is 2. The van der Waals surface area contributed by atoms with E-state index in [4.69, 9.17) is 9.84 Å². The predicted octanol–water partition coefficient (Wildman–Crippen LogP) is 3.56. The van der Waals surface area contributed by atoms with E-state index in [1.165, 1.54) is 22.5 Å². The minimum absolute atomic E-state index is 0.189. The third-order valence-corrected chi connectivity index (χ3v) is 8.11. The fourth-order valence-corrected chi connectivity index (χ4v) is 6.07. The van der Waals surface area contributed by atoms with Crippen LogP contribution in [0.4, 0.5) is 11.5 Å². The molecule has 0 radical (unpaired) electrons. The van der Waals surface area contributed by atoms with Gasteiger partial charge in [-0.1, -0.05) is 6.07 Å². The molecule has 9 heteroatoms. The third kappa shape index (κ3) is 4.34. The lowest BCUT2D eigenvalue weighted by Gasteiger charge is -2.32. The number of aryl methyl sites for hydroxylation is 2. The Labute approximate surface area is 222 Å². The number of hydrogen-bond donors (Lipinski definition) is 1. The van der Waals surface area contributed by atoms with Crippen LogP contribution in [0.3, 0.4) is 0 Å². The van der Waals surface area contributed by atoms with E-state index >= 15 is 0 Å². The summed E-state index contributed by atoms with van der Waals surface area (Å²) in [4.78, 5) is 32.2. The molecule has 1 aromatic carbocycles. The van der Waals surface area contributed by atoms with Crippen molar-refractivity contribution in [3.05, 3.63) is 58.5 Å². The first-order valence-electron chi connectivity index (χ1n) is 13.5. The van der Waals surface area contributed by atoms with Crippen LogP contribution < -0.4 is 10.2 Å². The van der Waals surface area contributed by atoms with Gasteiger partial charge in [-0.3, -0.25) is 19.3 Å². The standard InChI is InChI=1S/C29H34N6O3/c1-19-14-27-20(15-23(19)21-5-6-25(31-16-21)29(37)30-2)4-3-10-34(27)28-24-17-33(18-36)11-7-26(24)35(32-28)22-8-12-38-13-9-22/h5-6,14-16,18,22H,3-4,7-13,17H2,1-2H3,(H,30,37). The van der Waals surface area contributed by atoms with Crippen molar-refractivity contribution in [3.8, 4) is 11.1 Å². The monoisotopic (exact) mass is 514 g/mol. The zero-order chi connectivity index (χ0) is 26.2. The Kier molecular flexibility index (Phi) is 6.61. The highest BCUT2D eigenvalue weighted by Crippen LogP contribution is 2.41. The summed E-state index contributed by atoms with van der Waals surface area (Å²) < 4.78 is 7.88. The molecule has 5 heterocycles. The summed E-state index contributed by atoms with van der Waals surface area (Å²) in [6.07, 6.45) is 7.53. The number of aromatic nitrogens is 3. The Bertz CT molecular complexity index is 1360. The summed E-state index contributed by atoms with van der Waals surface area (Å²) in [6, 6.07) is 8.61. The van der Waals surface area contributed by atoms with E-state index in [2.05, 4.69) is 38.9 Å². The van der Waals surface area contributed by atoms with Crippen molar-refractivity contribution in [1.82, 2.24) is 25.0 Å². The molecule has 3 aromatic rings. The molecular weight excluding hydrogens is 480 g/mol. The molecule has 2 amide bonds. The number of anilines is 2. The van der Waals surface area contributed by atoms with Gasteiger partial charge in [-0.25, -0.2) is 0 Å². The number of amides is 2. The zero-order valence-electron chi connectivity index (χ0n) is 22.1. The molecule has 1 fully saturated rings. The van der Waals surface area contributed by atoms with Gasteiger partial charge in [0.2, 0.25) is 6.41 Å². The highest BCUT2D eigenvalue weighted by molar-refractivity contribution is 5.92.